The van der Waals surface area contributed by atoms with Crippen molar-refractivity contribution in [1.82, 2.24) is 4.31 Å². The maximum Gasteiger partial charge on any atom is 0.258 e. The predicted molar refractivity (Wildman–Crippen MR) is 132 cm³/mol. The molecule has 0 unspecified atom stereocenters. The molecule has 0 aliphatic carbocycles. The SMILES string of the molecule is Cc1ccc(NC(=O)c2cc(S(=O)(=O)N3CCN(c4cccc(C)c4C)CC3)ccc2F)cc1. The number of aryl methyl sites for hydroxylation is 2. The van der Waals surface area contributed by atoms with Gasteiger partial charge in [-0.3, -0.25) is 4.79 Å². The van der Waals surface area contributed by atoms with Gasteiger partial charge in [0.25, 0.3) is 5.91 Å². The number of nitrogens with zero attached hydrogens (tertiary/aromatic N) is 2. The van der Waals surface area contributed by atoms with Crippen LogP contribution in [-0.2, 0) is 10.0 Å². The molecule has 178 valence electrons. The number of anilines is 2. The van der Waals surface area contributed by atoms with Crippen LogP contribution in [0.1, 0.15) is 27.0 Å². The van der Waals surface area contributed by atoms with Crippen LogP contribution in [0.15, 0.2) is 65.6 Å². The molecule has 0 bridgehead atoms. The van der Waals surface area contributed by atoms with Crippen LogP contribution in [0.3, 0.4) is 0 Å². The Labute approximate surface area is 200 Å². The molecule has 1 heterocycles. The number of hydrogen-bond donors (Lipinski definition) is 1. The number of halogens is 1. The van der Waals surface area contributed by atoms with Crippen LogP contribution in [0, 0.1) is 26.6 Å². The normalized spacial score (nSPS) is 14.8. The number of sulfonamides is 1. The summed E-state index contributed by atoms with van der Waals surface area (Å²) in [5, 5.41) is 2.62. The third-order valence-electron chi connectivity index (χ3n) is 6.29. The molecule has 1 N–H and O–H groups in total. The number of amides is 1. The van der Waals surface area contributed by atoms with E-state index in [0.717, 1.165) is 23.4 Å². The van der Waals surface area contributed by atoms with E-state index >= 15 is 0 Å². The standard InChI is InChI=1S/C26H28FN3O3S/c1-18-7-9-21(10-8-18)28-26(31)23-17-22(11-12-24(23)27)34(32,33)30-15-13-29(14-16-30)25-6-4-5-19(2)20(25)3/h4-12,17H,13-16H2,1-3H3,(H,28,31). The molecule has 3 aromatic rings. The molecule has 0 radical (unpaired) electrons. The minimum atomic E-state index is -3.88. The van der Waals surface area contributed by atoms with E-state index in [9.17, 15) is 17.6 Å². The largest absolute Gasteiger partial charge is 0.369 e. The van der Waals surface area contributed by atoms with Crippen molar-refractivity contribution in [3.05, 3.63) is 88.7 Å². The third-order valence-corrected chi connectivity index (χ3v) is 8.18. The number of carbonyl (C=O) groups excluding carboxylic acids is 1. The average Bonchev–Trinajstić information content (AvgIpc) is 2.82. The Balaban J connectivity index is 1.51. The molecule has 0 atom stereocenters. The molecule has 1 aliphatic rings. The van der Waals surface area contributed by atoms with Crippen LogP contribution in [0.2, 0.25) is 0 Å². The molecule has 8 heteroatoms. The molecule has 34 heavy (non-hydrogen) atoms. The van der Waals surface area contributed by atoms with E-state index < -0.39 is 21.7 Å². The van der Waals surface area contributed by atoms with E-state index in [1.807, 2.05) is 31.2 Å². The van der Waals surface area contributed by atoms with Crippen molar-refractivity contribution < 1.29 is 17.6 Å². The number of piperazine rings is 1. The first-order valence-corrected chi connectivity index (χ1v) is 12.6. The van der Waals surface area contributed by atoms with Gasteiger partial charge in [-0.2, -0.15) is 4.31 Å². The summed E-state index contributed by atoms with van der Waals surface area (Å²) in [6.07, 6.45) is 0. The molecule has 1 saturated heterocycles. The molecule has 4 rings (SSSR count). The molecule has 1 aliphatic heterocycles. The second kappa shape index (κ2) is 9.56. The fourth-order valence-corrected chi connectivity index (χ4v) is 5.52. The molecular formula is C26H28FN3O3S. The fraction of sp³-hybridized carbons (Fsp3) is 0.269. The summed E-state index contributed by atoms with van der Waals surface area (Å²) in [5.41, 5.74) is 4.70. The van der Waals surface area contributed by atoms with E-state index in [0.29, 0.717) is 31.9 Å². The van der Waals surface area contributed by atoms with E-state index in [1.54, 1.807) is 12.1 Å². The van der Waals surface area contributed by atoms with Crippen molar-refractivity contribution in [3.8, 4) is 0 Å². The Hall–Kier alpha value is -3.23. The maximum atomic E-state index is 14.5. The van der Waals surface area contributed by atoms with E-state index in [-0.39, 0.29) is 10.5 Å². The van der Waals surface area contributed by atoms with Gasteiger partial charge in [-0.15, -0.1) is 0 Å². The second-order valence-corrected chi connectivity index (χ2v) is 10.5. The van der Waals surface area contributed by atoms with E-state index in [2.05, 4.69) is 30.1 Å². The van der Waals surface area contributed by atoms with Crippen molar-refractivity contribution in [2.75, 3.05) is 36.4 Å². The first-order valence-electron chi connectivity index (χ1n) is 11.2. The smallest absolute Gasteiger partial charge is 0.258 e. The molecule has 0 saturated carbocycles. The lowest BCUT2D eigenvalue weighted by Gasteiger charge is -2.36. The Morgan fingerprint density at radius 2 is 1.59 bits per heavy atom. The van der Waals surface area contributed by atoms with Gasteiger partial charge in [0.2, 0.25) is 10.0 Å². The lowest BCUT2D eigenvalue weighted by molar-refractivity contribution is 0.102. The number of rotatable bonds is 5. The first-order chi connectivity index (χ1) is 16.2. The Bertz CT molecular complexity index is 1320. The maximum absolute atomic E-state index is 14.5. The van der Waals surface area contributed by atoms with Crippen LogP contribution < -0.4 is 10.2 Å². The van der Waals surface area contributed by atoms with Crippen molar-refractivity contribution >= 4 is 27.3 Å². The summed E-state index contributed by atoms with van der Waals surface area (Å²) < 4.78 is 42.4. The minimum Gasteiger partial charge on any atom is -0.369 e. The van der Waals surface area contributed by atoms with E-state index in [1.165, 1.54) is 21.5 Å². The minimum absolute atomic E-state index is 0.0943. The molecule has 6 nitrogen and oxygen atoms in total. The quantitative estimate of drug-likeness (QED) is 0.582. The highest BCUT2D eigenvalue weighted by Gasteiger charge is 2.30. The van der Waals surface area contributed by atoms with Crippen molar-refractivity contribution in [3.63, 3.8) is 0 Å². The number of hydrogen-bond acceptors (Lipinski definition) is 4. The van der Waals surface area contributed by atoms with Gasteiger partial charge >= 0.3 is 0 Å². The third kappa shape index (κ3) is 4.83. The lowest BCUT2D eigenvalue weighted by Crippen LogP contribution is -2.48. The van der Waals surface area contributed by atoms with Gasteiger partial charge in [-0.25, -0.2) is 12.8 Å². The van der Waals surface area contributed by atoms with Crippen LogP contribution in [0.25, 0.3) is 0 Å². The van der Waals surface area contributed by atoms with Crippen molar-refractivity contribution in [1.29, 1.82) is 0 Å². The average molecular weight is 482 g/mol. The summed E-state index contributed by atoms with van der Waals surface area (Å²) in [6.45, 7) is 7.74. The van der Waals surface area contributed by atoms with Gasteiger partial charge in [-0.1, -0.05) is 29.8 Å². The molecule has 0 spiro atoms. The van der Waals surface area contributed by atoms with Gasteiger partial charge in [0.05, 0.1) is 10.5 Å². The molecule has 1 fully saturated rings. The molecular weight excluding hydrogens is 453 g/mol. The molecule has 1 amide bonds. The number of benzene rings is 3. The molecule has 0 aromatic heterocycles. The monoisotopic (exact) mass is 481 g/mol. The summed E-state index contributed by atoms with van der Waals surface area (Å²) in [5.74, 6) is -1.47. The van der Waals surface area contributed by atoms with Crippen molar-refractivity contribution in [2.45, 2.75) is 25.7 Å². The zero-order valence-corrected chi connectivity index (χ0v) is 20.3. The predicted octanol–water partition coefficient (Wildman–Crippen LogP) is 4.51. The van der Waals surface area contributed by atoms with Gasteiger partial charge < -0.3 is 10.2 Å². The topological polar surface area (TPSA) is 69.7 Å². The highest BCUT2D eigenvalue weighted by molar-refractivity contribution is 7.89. The van der Waals surface area contributed by atoms with Crippen molar-refractivity contribution in [2.24, 2.45) is 0 Å². The summed E-state index contributed by atoms with van der Waals surface area (Å²) in [7, 11) is -3.88. The summed E-state index contributed by atoms with van der Waals surface area (Å²) in [6, 6.07) is 16.5. The zero-order chi connectivity index (χ0) is 24.5. The van der Waals surface area contributed by atoms with Gasteiger partial charge in [0.15, 0.2) is 0 Å². The van der Waals surface area contributed by atoms with Crippen LogP contribution in [0.4, 0.5) is 15.8 Å². The Kier molecular flexibility index (Phi) is 6.72. The van der Waals surface area contributed by atoms with Crippen LogP contribution in [0.5, 0.6) is 0 Å². The highest BCUT2D eigenvalue weighted by atomic mass is 32.2. The van der Waals surface area contributed by atoms with Gasteiger partial charge in [-0.05, 0) is 68.3 Å². The summed E-state index contributed by atoms with van der Waals surface area (Å²) >= 11 is 0. The van der Waals surface area contributed by atoms with Gasteiger partial charge in [0, 0.05) is 37.6 Å². The first kappa shape index (κ1) is 23.9. The van der Waals surface area contributed by atoms with E-state index in [4.69, 9.17) is 0 Å². The second-order valence-electron chi connectivity index (χ2n) is 8.57. The number of carbonyl (C=O) groups is 1. The highest BCUT2D eigenvalue weighted by Crippen LogP contribution is 2.26. The fourth-order valence-electron chi connectivity index (χ4n) is 4.07. The zero-order valence-electron chi connectivity index (χ0n) is 19.5. The summed E-state index contributed by atoms with van der Waals surface area (Å²) in [4.78, 5) is 14.8. The van der Waals surface area contributed by atoms with Crippen LogP contribution >= 0.6 is 0 Å². The number of nitrogens with one attached hydrogen (secondary N) is 1. The Morgan fingerprint density at radius 3 is 2.26 bits per heavy atom. The lowest BCUT2D eigenvalue weighted by atomic mass is 10.1. The molecule has 3 aromatic carbocycles. The van der Waals surface area contributed by atoms with Gasteiger partial charge in [0.1, 0.15) is 5.82 Å². The Morgan fingerprint density at radius 1 is 0.912 bits per heavy atom. The van der Waals surface area contributed by atoms with Crippen LogP contribution in [-0.4, -0.2) is 44.8 Å².